The summed E-state index contributed by atoms with van der Waals surface area (Å²) in [5.74, 6) is 0. The van der Waals surface area contributed by atoms with Crippen LogP contribution in [0, 0.1) is 0 Å². The molecule has 0 radical (unpaired) electrons. The summed E-state index contributed by atoms with van der Waals surface area (Å²) in [6.07, 6.45) is 14.4. The normalized spacial score (nSPS) is 11.8. The third kappa shape index (κ3) is 17.3. The van der Waals surface area contributed by atoms with Gasteiger partial charge in [-0.25, -0.2) is 0 Å². The number of aliphatic hydroxyl groups excluding tert-OH is 2. The van der Waals surface area contributed by atoms with Crippen molar-refractivity contribution >= 4 is 0 Å². The summed E-state index contributed by atoms with van der Waals surface area (Å²) >= 11 is 0. The second-order valence-electron chi connectivity index (χ2n) is 7.67. The van der Waals surface area contributed by atoms with E-state index in [2.05, 4.69) is 23.6 Å². The van der Waals surface area contributed by atoms with Gasteiger partial charge in [-0.05, 0) is 64.7 Å². The van der Waals surface area contributed by atoms with Crippen LogP contribution in [-0.2, 0) is 0 Å². The van der Waals surface area contributed by atoms with Crippen LogP contribution in [0.15, 0.2) is 0 Å². The van der Waals surface area contributed by atoms with E-state index in [1.165, 1.54) is 90.6 Å². The molecular formula is C22H48N2O2. The van der Waals surface area contributed by atoms with Gasteiger partial charge in [-0.3, -0.25) is 0 Å². The van der Waals surface area contributed by atoms with E-state index in [0.717, 1.165) is 25.7 Å². The highest BCUT2D eigenvalue weighted by Gasteiger charge is 2.09. The lowest BCUT2D eigenvalue weighted by atomic mass is 10.1. The van der Waals surface area contributed by atoms with Crippen molar-refractivity contribution in [1.29, 1.82) is 0 Å². The van der Waals surface area contributed by atoms with Gasteiger partial charge in [0.15, 0.2) is 0 Å². The van der Waals surface area contributed by atoms with Crippen molar-refractivity contribution in [2.24, 2.45) is 0 Å². The zero-order valence-corrected chi connectivity index (χ0v) is 17.9. The smallest absolute Gasteiger partial charge is 0.0431 e. The lowest BCUT2D eigenvalue weighted by Crippen LogP contribution is -2.37. The standard InChI is InChI=1S/C22H48N2O2/c1-3-5-15-23(17-11-7-9-13-21-25)19-20-24(16-6-4-2)18-12-8-10-14-22-26/h25-26H,3-22H2,1-2H3. The summed E-state index contributed by atoms with van der Waals surface area (Å²) in [6.45, 7) is 12.5. The molecule has 0 atom stereocenters. The Hall–Kier alpha value is -0.160. The van der Waals surface area contributed by atoms with E-state index >= 15 is 0 Å². The predicted molar refractivity (Wildman–Crippen MR) is 114 cm³/mol. The Bertz CT molecular complexity index is 239. The minimum absolute atomic E-state index is 0.338. The van der Waals surface area contributed by atoms with Gasteiger partial charge in [-0.15, -0.1) is 0 Å². The summed E-state index contributed by atoms with van der Waals surface area (Å²) < 4.78 is 0. The first-order valence-corrected chi connectivity index (χ1v) is 11.4. The molecule has 0 fully saturated rings. The topological polar surface area (TPSA) is 46.9 Å². The van der Waals surface area contributed by atoms with E-state index in [1.807, 2.05) is 0 Å². The van der Waals surface area contributed by atoms with Gasteiger partial charge in [0.25, 0.3) is 0 Å². The van der Waals surface area contributed by atoms with Crippen LogP contribution >= 0.6 is 0 Å². The Balaban J connectivity index is 4.15. The number of unbranched alkanes of at least 4 members (excludes halogenated alkanes) is 8. The van der Waals surface area contributed by atoms with Gasteiger partial charge >= 0.3 is 0 Å². The molecule has 4 nitrogen and oxygen atoms in total. The van der Waals surface area contributed by atoms with E-state index in [9.17, 15) is 0 Å². The highest BCUT2D eigenvalue weighted by Crippen LogP contribution is 2.06. The highest BCUT2D eigenvalue weighted by atomic mass is 16.3. The number of rotatable bonds is 21. The molecule has 0 bridgehead atoms. The zero-order valence-electron chi connectivity index (χ0n) is 17.9. The molecule has 0 unspecified atom stereocenters. The average Bonchev–Trinajstić information content (AvgIpc) is 2.66. The molecule has 0 heterocycles. The monoisotopic (exact) mass is 372 g/mol. The second kappa shape index (κ2) is 21.1. The lowest BCUT2D eigenvalue weighted by Gasteiger charge is -2.28. The van der Waals surface area contributed by atoms with Crippen LogP contribution in [0.2, 0.25) is 0 Å². The highest BCUT2D eigenvalue weighted by molar-refractivity contribution is 4.65. The molecule has 0 rings (SSSR count). The molecule has 0 aliphatic rings. The second-order valence-corrected chi connectivity index (χ2v) is 7.67. The van der Waals surface area contributed by atoms with E-state index in [4.69, 9.17) is 10.2 Å². The fourth-order valence-electron chi connectivity index (χ4n) is 3.32. The Kier molecular flexibility index (Phi) is 21.0. The fourth-order valence-corrected chi connectivity index (χ4v) is 3.32. The SMILES string of the molecule is CCCCN(CCCCCCO)CCN(CCCC)CCCCCCO. The molecule has 0 aliphatic carbocycles. The Morgan fingerprint density at radius 1 is 0.423 bits per heavy atom. The quantitative estimate of drug-likeness (QED) is 0.295. The molecule has 0 spiro atoms. The van der Waals surface area contributed by atoms with E-state index in [-0.39, 0.29) is 0 Å². The van der Waals surface area contributed by atoms with Crippen LogP contribution in [-0.4, -0.2) is 72.5 Å². The molecule has 0 aliphatic heterocycles. The van der Waals surface area contributed by atoms with Crippen LogP contribution < -0.4 is 0 Å². The molecule has 26 heavy (non-hydrogen) atoms. The summed E-state index contributed by atoms with van der Waals surface area (Å²) in [5.41, 5.74) is 0. The van der Waals surface area contributed by atoms with Crippen LogP contribution in [0.3, 0.4) is 0 Å². The van der Waals surface area contributed by atoms with E-state index in [0.29, 0.717) is 13.2 Å². The Morgan fingerprint density at radius 3 is 1.12 bits per heavy atom. The average molecular weight is 373 g/mol. The third-order valence-corrected chi connectivity index (χ3v) is 5.15. The maximum atomic E-state index is 8.90. The fraction of sp³-hybridized carbons (Fsp3) is 1.00. The van der Waals surface area contributed by atoms with Gasteiger partial charge in [0.1, 0.15) is 0 Å². The first-order chi connectivity index (χ1) is 12.8. The van der Waals surface area contributed by atoms with E-state index < -0.39 is 0 Å². The van der Waals surface area contributed by atoms with Crippen LogP contribution in [0.4, 0.5) is 0 Å². The van der Waals surface area contributed by atoms with Gasteiger partial charge in [0, 0.05) is 26.3 Å². The van der Waals surface area contributed by atoms with Crippen molar-refractivity contribution in [3.63, 3.8) is 0 Å². The molecule has 0 aromatic heterocycles. The molecule has 4 heteroatoms. The molecule has 158 valence electrons. The van der Waals surface area contributed by atoms with Gasteiger partial charge in [0.05, 0.1) is 0 Å². The minimum Gasteiger partial charge on any atom is -0.396 e. The number of hydrogen-bond donors (Lipinski definition) is 2. The number of hydrogen-bond acceptors (Lipinski definition) is 4. The van der Waals surface area contributed by atoms with Gasteiger partial charge in [0.2, 0.25) is 0 Å². The summed E-state index contributed by atoms with van der Waals surface area (Å²) in [6, 6.07) is 0. The summed E-state index contributed by atoms with van der Waals surface area (Å²) in [7, 11) is 0. The molecule has 0 aromatic carbocycles. The molecule has 0 amide bonds. The maximum absolute atomic E-state index is 8.90. The van der Waals surface area contributed by atoms with Crippen LogP contribution in [0.25, 0.3) is 0 Å². The first-order valence-electron chi connectivity index (χ1n) is 11.4. The number of nitrogens with zero attached hydrogens (tertiary/aromatic N) is 2. The molecule has 2 N–H and O–H groups in total. The maximum Gasteiger partial charge on any atom is 0.0431 e. The van der Waals surface area contributed by atoms with E-state index in [1.54, 1.807) is 0 Å². The number of aliphatic hydroxyl groups is 2. The van der Waals surface area contributed by atoms with Crippen LogP contribution in [0.1, 0.15) is 90.9 Å². The molecular weight excluding hydrogens is 324 g/mol. The largest absolute Gasteiger partial charge is 0.396 e. The van der Waals surface area contributed by atoms with Crippen LogP contribution in [0.5, 0.6) is 0 Å². The third-order valence-electron chi connectivity index (χ3n) is 5.15. The van der Waals surface area contributed by atoms with Crippen molar-refractivity contribution in [2.75, 3.05) is 52.5 Å². The summed E-state index contributed by atoms with van der Waals surface area (Å²) in [5, 5.41) is 17.8. The predicted octanol–water partition coefficient (Wildman–Crippen LogP) is 4.30. The first kappa shape index (κ1) is 25.8. The molecule has 0 saturated carbocycles. The van der Waals surface area contributed by atoms with Crippen molar-refractivity contribution in [1.82, 2.24) is 9.80 Å². The zero-order chi connectivity index (χ0) is 19.3. The summed E-state index contributed by atoms with van der Waals surface area (Å²) in [4.78, 5) is 5.32. The molecule has 0 aromatic rings. The Morgan fingerprint density at radius 2 is 0.769 bits per heavy atom. The lowest BCUT2D eigenvalue weighted by molar-refractivity contribution is 0.193. The molecule has 0 saturated heterocycles. The van der Waals surface area contributed by atoms with Crippen molar-refractivity contribution in [3.05, 3.63) is 0 Å². The Labute approximate surface area is 164 Å². The van der Waals surface area contributed by atoms with Crippen molar-refractivity contribution < 1.29 is 10.2 Å². The van der Waals surface area contributed by atoms with Crippen molar-refractivity contribution in [3.8, 4) is 0 Å². The minimum atomic E-state index is 0.338. The van der Waals surface area contributed by atoms with Gasteiger partial charge in [-0.1, -0.05) is 52.4 Å². The van der Waals surface area contributed by atoms with Gasteiger partial charge < -0.3 is 20.0 Å². The van der Waals surface area contributed by atoms with Crippen molar-refractivity contribution in [2.45, 2.75) is 90.9 Å². The van der Waals surface area contributed by atoms with Gasteiger partial charge in [-0.2, -0.15) is 0 Å².